The molecule has 14 heavy (non-hydrogen) atoms. The molecule has 0 heterocycles. The number of carbonyl (C=O) groups excluding carboxylic acids is 1. The van der Waals surface area contributed by atoms with Gasteiger partial charge < -0.3 is 4.84 Å². The second kappa shape index (κ2) is 5.17. The van der Waals surface area contributed by atoms with Crippen LogP contribution in [0.3, 0.4) is 0 Å². The van der Waals surface area contributed by atoms with Crippen molar-refractivity contribution in [2.45, 2.75) is 20.5 Å². The third kappa shape index (κ3) is 3.39. The zero-order chi connectivity index (χ0) is 10.4. The molecule has 1 aromatic carbocycles. The van der Waals surface area contributed by atoms with Gasteiger partial charge in [-0.25, -0.2) is 0 Å². The van der Waals surface area contributed by atoms with Gasteiger partial charge in [0.25, 0.3) is 0 Å². The highest BCUT2D eigenvalue weighted by Gasteiger charge is 1.97. The van der Waals surface area contributed by atoms with E-state index in [-0.39, 0.29) is 5.78 Å². The summed E-state index contributed by atoms with van der Waals surface area (Å²) in [7, 11) is 0. The van der Waals surface area contributed by atoms with Crippen LogP contribution in [0, 0.1) is 0 Å². The van der Waals surface area contributed by atoms with Crippen LogP contribution < -0.4 is 0 Å². The largest absolute Gasteiger partial charge is 0.391 e. The van der Waals surface area contributed by atoms with E-state index in [2.05, 4.69) is 5.16 Å². The summed E-state index contributed by atoms with van der Waals surface area (Å²) >= 11 is 0. The Morgan fingerprint density at radius 3 is 2.50 bits per heavy atom. The van der Waals surface area contributed by atoms with Gasteiger partial charge >= 0.3 is 0 Å². The monoisotopic (exact) mass is 191 g/mol. The molecule has 3 nitrogen and oxygen atoms in total. The van der Waals surface area contributed by atoms with Crippen molar-refractivity contribution in [3.63, 3.8) is 0 Å². The Morgan fingerprint density at radius 2 is 1.93 bits per heavy atom. The average molecular weight is 191 g/mol. The van der Waals surface area contributed by atoms with Crippen LogP contribution in [0.5, 0.6) is 0 Å². The van der Waals surface area contributed by atoms with E-state index in [1.165, 1.54) is 6.92 Å². The maximum absolute atomic E-state index is 10.8. The first-order chi connectivity index (χ1) is 6.70. The number of rotatable bonds is 4. The molecule has 74 valence electrons. The lowest BCUT2D eigenvalue weighted by molar-refractivity contribution is -0.111. The number of oxime groups is 1. The summed E-state index contributed by atoms with van der Waals surface area (Å²) in [5.74, 6) is -0.0712. The van der Waals surface area contributed by atoms with Crippen LogP contribution >= 0.6 is 0 Å². The molecule has 3 heteroatoms. The fraction of sp³-hybridized carbons (Fsp3) is 0.273. The fourth-order valence-electron chi connectivity index (χ4n) is 0.842. The number of hydrogen-bond acceptors (Lipinski definition) is 3. The smallest absolute Gasteiger partial charge is 0.177 e. The lowest BCUT2D eigenvalue weighted by Crippen LogP contribution is -2.05. The molecule has 0 fully saturated rings. The molecule has 0 unspecified atom stereocenters. The Morgan fingerprint density at radius 1 is 1.29 bits per heavy atom. The van der Waals surface area contributed by atoms with E-state index in [1.807, 2.05) is 30.3 Å². The van der Waals surface area contributed by atoms with Gasteiger partial charge in [-0.2, -0.15) is 0 Å². The van der Waals surface area contributed by atoms with Crippen LogP contribution in [0.2, 0.25) is 0 Å². The normalized spacial score (nSPS) is 11.1. The first-order valence-corrected chi connectivity index (χ1v) is 4.41. The predicted octanol–water partition coefficient (Wildman–Crippen LogP) is 2.17. The lowest BCUT2D eigenvalue weighted by atomic mass is 10.2. The van der Waals surface area contributed by atoms with Gasteiger partial charge in [0.15, 0.2) is 5.78 Å². The molecule has 0 aromatic heterocycles. The zero-order valence-corrected chi connectivity index (χ0v) is 8.36. The standard InChI is InChI=1S/C11H13NO2/c1-9(10(2)13)12-14-8-11-6-4-3-5-7-11/h3-7H,8H2,1-2H3/b12-9-. The number of ketones is 1. The predicted molar refractivity (Wildman–Crippen MR) is 55.0 cm³/mol. The molecule has 0 aliphatic carbocycles. The molecular formula is C11H13NO2. The van der Waals surface area contributed by atoms with Gasteiger partial charge in [0, 0.05) is 6.92 Å². The van der Waals surface area contributed by atoms with Crippen molar-refractivity contribution in [2.75, 3.05) is 0 Å². The Labute approximate surface area is 83.4 Å². The number of benzene rings is 1. The molecule has 0 spiro atoms. The van der Waals surface area contributed by atoms with Crippen LogP contribution in [0.15, 0.2) is 35.5 Å². The maximum atomic E-state index is 10.8. The SMILES string of the molecule is CC(=O)/C(C)=N\OCc1ccccc1. The molecule has 0 bridgehead atoms. The van der Waals surface area contributed by atoms with Crippen LogP contribution in [0.1, 0.15) is 19.4 Å². The van der Waals surface area contributed by atoms with Gasteiger partial charge in [0.2, 0.25) is 0 Å². The third-order valence-electron chi connectivity index (χ3n) is 1.79. The van der Waals surface area contributed by atoms with E-state index >= 15 is 0 Å². The van der Waals surface area contributed by atoms with Crippen molar-refractivity contribution >= 4 is 11.5 Å². The average Bonchev–Trinajstić information content (AvgIpc) is 2.19. The van der Waals surface area contributed by atoms with Gasteiger partial charge in [-0.1, -0.05) is 35.5 Å². The Hall–Kier alpha value is -1.64. The summed E-state index contributed by atoms with van der Waals surface area (Å²) in [6.07, 6.45) is 0. The highest BCUT2D eigenvalue weighted by Crippen LogP contribution is 2.00. The van der Waals surface area contributed by atoms with E-state index in [0.29, 0.717) is 12.3 Å². The molecule has 0 radical (unpaired) electrons. The molecule has 0 aliphatic heterocycles. The molecule has 0 atom stereocenters. The molecule has 1 aromatic rings. The van der Waals surface area contributed by atoms with Crippen molar-refractivity contribution < 1.29 is 9.63 Å². The van der Waals surface area contributed by atoms with Crippen LogP contribution in [0.25, 0.3) is 0 Å². The molecule has 0 amide bonds. The molecule has 0 N–H and O–H groups in total. The molecule has 0 saturated carbocycles. The molecule has 1 rings (SSSR count). The number of carbonyl (C=O) groups is 1. The minimum absolute atomic E-state index is 0.0712. The maximum Gasteiger partial charge on any atom is 0.177 e. The molecular weight excluding hydrogens is 178 g/mol. The van der Waals surface area contributed by atoms with Crippen molar-refractivity contribution in [1.82, 2.24) is 0 Å². The van der Waals surface area contributed by atoms with Crippen molar-refractivity contribution in [3.05, 3.63) is 35.9 Å². The van der Waals surface area contributed by atoms with Gasteiger partial charge in [-0.15, -0.1) is 0 Å². The van der Waals surface area contributed by atoms with Crippen LogP contribution in [0.4, 0.5) is 0 Å². The highest BCUT2D eigenvalue weighted by atomic mass is 16.6. The van der Waals surface area contributed by atoms with Crippen LogP contribution in [-0.2, 0) is 16.2 Å². The van der Waals surface area contributed by atoms with E-state index in [4.69, 9.17) is 4.84 Å². The summed E-state index contributed by atoms with van der Waals surface area (Å²) in [6, 6.07) is 9.69. The van der Waals surface area contributed by atoms with Gasteiger partial charge in [0.1, 0.15) is 12.3 Å². The summed E-state index contributed by atoms with van der Waals surface area (Å²) in [6.45, 7) is 3.49. The minimum Gasteiger partial charge on any atom is -0.391 e. The summed E-state index contributed by atoms with van der Waals surface area (Å²) < 4.78 is 0. The van der Waals surface area contributed by atoms with E-state index in [9.17, 15) is 4.79 Å². The number of hydrogen-bond donors (Lipinski definition) is 0. The van der Waals surface area contributed by atoms with E-state index in [0.717, 1.165) is 5.56 Å². The van der Waals surface area contributed by atoms with Crippen LogP contribution in [-0.4, -0.2) is 11.5 Å². The van der Waals surface area contributed by atoms with Crippen molar-refractivity contribution in [2.24, 2.45) is 5.16 Å². The zero-order valence-electron chi connectivity index (χ0n) is 8.36. The van der Waals surface area contributed by atoms with E-state index in [1.54, 1.807) is 6.92 Å². The number of Topliss-reactive ketones (excluding diaryl/α,β-unsaturated/α-hetero) is 1. The second-order valence-corrected chi connectivity index (χ2v) is 2.99. The Balaban J connectivity index is 2.43. The first-order valence-electron chi connectivity index (χ1n) is 4.41. The van der Waals surface area contributed by atoms with Gasteiger partial charge in [-0.3, -0.25) is 4.79 Å². The Kier molecular flexibility index (Phi) is 3.85. The number of nitrogens with zero attached hydrogens (tertiary/aromatic N) is 1. The summed E-state index contributed by atoms with van der Waals surface area (Å²) in [5.41, 5.74) is 1.42. The lowest BCUT2D eigenvalue weighted by Gasteiger charge is -1.99. The third-order valence-corrected chi connectivity index (χ3v) is 1.79. The molecule has 0 saturated heterocycles. The van der Waals surface area contributed by atoms with Gasteiger partial charge in [-0.05, 0) is 12.5 Å². The molecule has 0 aliphatic rings. The highest BCUT2D eigenvalue weighted by molar-refractivity contribution is 6.37. The van der Waals surface area contributed by atoms with Gasteiger partial charge in [0.05, 0.1) is 0 Å². The fourth-order valence-corrected chi connectivity index (χ4v) is 0.842. The van der Waals surface area contributed by atoms with E-state index < -0.39 is 0 Å². The second-order valence-electron chi connectivity index (χ2n) is 2.99. The minimum atomic E-state index is -0.0712. The Bertz CT molecular complexity index is 330. The first kappa shape index (κ1) is 10.4. The summed E-state index contributed by atoms with van der Waals surface area (Å²) in [5, 5.41) is 3.69. The van der Waals surface area contributed by atoms with Crippen molar-refractivity contribution in [1.29, 1.82) is 0 Å². The van der Waals surface area contributed by atoms with Crippen molar-refractivity contribution in [3.8, 4) is 0 Å². The topological polar surface area (TPSA) is 38.7 Å². The summed E-state index contributed by atoms with van der Waals surface area (Å²) in [4.78, 5) is 15.8. The quantitative estimate of drug-likeness (QED) is 0.540.